The smallest absolute Gasteiger partial charge is 0.223 e. The van der Waals surface area contributed by atoms with Gasteiger partial charge >= 0.3 is 0 Å². The molecule has 5 heteroatoms. The van der Waals surface area contributed by atoms with E-state index in [0.29, 0.717) is 13.0 Å². The lowest BCUT2D eigenvalue weighted by Crippen LogP contribution is -2.35. The largest absolute Gasteiger partial charge is 0.485 e. The summed E-state index contributed by atoms with van der Waals surface area (Å²) in [4.78, 5) is 24.0. The molecule has 5 nitrogen and oxygen atoms in total. The number of hydrogen-bond acceptors (Lipinski definition) is 4. The van der Waals surface area contributed by atoms with Crippen molar-refractivity contribution < 1.29 is 9.53 Å². The van der Waals surface area contributed by atoms with Gasteiger partial charge in [0.05, 0.1) is 5.69 Å². The van der Waals surface area contributed by atoms with Gasteiger partial charge in [-0.15, -0.1) is 0 Å². The molecule has 0 saturated carbocycles. The van der Waals surface area contributed by atoms with E-state index in [-0.39, 0.29) is 11.3 Å². The molecule has 0 N–H and O–H groups in total. The molecule has 0 aliphatic carbocycles. The number of ether oxygens (including phenoxy) is 1. The molecule has 1 aliphatic rings. The minimum Gasteiger partial charge on any atom is -0.485 e. The quantitative estimate of drug-likeness (QED) is 0.493. The van der Waals surface area contributed by atoms with Gasteiger partial charge in [0.15, 0.2) is 0 Å². The van der Waals surface area contributed by atoms with E-state index in [1.54, 1.807) is 0 Å². The van der Waals surface area contributed by atoms with Gasteiger partial charge in [-0.3, -0.25) is 9.78 Å². The van der Waals surface area contributed by atoms with Gasteiger partial charge in [-0.05, 0) is 79.1 Å². The van der Waals surface area contributed by atoms with E-state index in [4.69, 9.17) is 9.72 Å². The van der Waals surface area contributed by atoms with Gasteiger partial charge in [0.2, 0.25) is 5.91 Å². The minimum absolute atomic E-state index is 0.00458. The first-order chi connectivity index (χ1) is 16.2. The number of nitrogens with zero attached hydrogens (tertiary/aromatic N) is 3. The average molecular weight is 458 g/mol. The number of pyridine rings is 2. The van der Waals surface area contributed by atoms with Crippen LogP contribution in [0.1, 0.15) is 55.3 Å². The molecule has 0 unspecified atom stereocenters. The van der Waals surface area contributed by atoms with Gasteiger partial charge in [0.1, 0.15) is 18.1 Å². The molecule has 178 valence electrons. The zero-order chi connectivity index (χ0) is 24.3. The molecular formula is C29H35N3O2. The maximum absolute atomic E-state index is 12.8. The number of aryl methyl sites for hydroxylation is 2. The van der Waals surface area contributed by atoms with Crippen molar-refractivity contribution in [3.8, 4) is 17.0 Å². The number of aromatic nitrogens is 2. The predicted molar refractivity (Wildman–Crippen MR) is 136 cm³/mol. The molecule has 0 fully saturated rings. The van der Waals surface area contributed by atoms with Crippen molar-refractivity contribution in [2.75, 3.05) is 13.1 Å². The summed E-state index contributed by atoms with van der Waals surface area (Å²) in [5.74, 6) is 1.01. The molecule has 2 aromatic heterocycles. The first kappa shape index (κ1) is 23.9. The van der Waals surface area contributed by atoms with E-state index >= 15 is 0 Å². The van der Waals surface area contributed by atoms with Crippen molar-refractivity contribution in [1.82, 2.24) is 14.9 Å². The number of carbonyl (C=O) groups is 1. The molecule has 0 radical (unpaired) electrons. The van der Waals surface area contributed by atoms with Gasteiger partial charge in [-0.2, -0.15) is 0 Å². The highest BCUT2D eigenvalue weighted by molar-refractivity contribution is 5.77. The van der Waals surface area contributed by atoms with Gasteiger partial charge < -0.3 is 9.64 Å². The Labute approximate surface area is 203 Å². The van der Waals surface area contributed by atoms with Crippen LogP contribution in [0.5, 0.6) is 5.75 Å². The van der Waals surface area contributed by atoms with Gasteiger partial charge in [-0.25, -0.2) is 4.98 Å². The van der Waals surface area contributed by atoms with Crippen LogP contribution in [-0.2, 0) is 24.2 Å². The maximum Gasteiger partial charge on any atom is 0.223 e. The van der Waals surface area contributed by atoms with Crippen molar-refractivity contribution in [1.29, 1.82) is 0 Å². The summed E-state index contributed by atoms with van der Waals surface area (Å²) in [6.45, 7) is 12.3. The highest BCUT2D eigenvalue weighted by atomic mass is 16.5. The lowest BCUT2D eigenvalue weighted by molar-refractivity contribution is -0.133. The van der Waals surface area contributed by atoms with Crippen molar-refractivity contribution in [3.05, 3.63) is 76.7 Å². The third-order valence-corrected chi connectivity index (χ3v) is 6.16. The molecule has 3 heterocycles. The highest BCUT2D eigenvalue weighted by Gasteiger charge is 2.23. The second-order valence-electron chi connectivity index (χ2n) is 10.5. The summed E-state index contributed by atoms with van der Waals surface area (Å²) in [6.07, 6.45) is 4.13. The Morgan fingerprint density at radius 1 is 1.00 bits per heavy atom. The lowest BCUT2D eigenvalue weighted by atomic mass is 9.91. The third kappa shape index (κ3) is 6.02. The molecule has 3 aromatic rings. The van der Waals surface area contributed by atoms with Crippen LogP contribution >= 0.6 is 0 Å². The van der Waals surface area contributed by atoms with Crippen LogP contribution in [0.3, 0.4) is 0 Å². The van der Waals surface area contributed by atoms with Crippen molar-refractivity contribution in [2.45, 2.75) is 60.5 Å². The Morgan fingerprint density at radius 2 is 1.76 bits per heavy atom. The number of benzene rings is 1. The third-order valence-electron chi connectivity index (χ3n) is 6.16. The van der Waals surface area contributed by atoms with Crippen molar-refractivity contribution in [3.63, 3.8) is 0 Å². The lowest BCUT2D eigenvalue weighted by Gasteiger charge is -2.25. The Balaban J connectivity index is 1.54. The van der Waals surface area contributed by atoms with Crippen molar-refractivity contribution in [2.24, 2.45) is 5.41 Å². The first-order valence-corrected chi connectivity index (χ1v) is 12.1. The Bertz CT molecular complexity index is 1180. The normalized spacial score (nSPS) is 13.9. The fourth-order valence-corrected chi connectivity index (χ4v) is 4.38. The van der Waals surface area contributed by atoms with Crippen LogP contribution in [0.15, 0.2) is 48.7 Å². The fraction of sp³-hybridized carbons (Fsp3) is 0.414. The number of rotatable bonds is 5. The van der Waals surface area contributed by atoms with Crippen LogP contribution in [0, 0.1) is 19.3 Å². The van der Waals surface area contributed by atoms with Gasteiger partial charge in [0.25, 0.3) is 0 Å². The highest BCUT2D eigenvalue weighted by Crippen LogP contribution is 2.32. The summed E-state index contributed by atoms with van der Waals surface area (Å²) >= 11 is 0. The molecule has 1 aliphatic heterocycles. The molecule has 1 amide bonds. The van der Waals surface area contributed by atoms with E-state index in [2.05, 4.69) is 50.9 Å². The Kier molecular flexibility index (Phi) is 7.01. The zero-order valence-corrected chi connectivity index (χ0v) is 21.0. The summed E-state index contributed by atoms with van der Waals surface area (Å²) in [5.41, 5.74) is 7.51. The molecule has 4 rings (SSSR count). The molecular weight excluding hydrogens is 422 g/mol. The fourth-order valence-electron chi connectivity index (χ4n) is 4.38. The monoisotopic (exact) mass is 457 g/mol. The zero-order valence-electron chi connectivity index (χ0n) is 21.0. The number of carbonyl (C=O) groups excluding carboxylic acids is 1. The van der Waals surface area contributed by atoms with Crippen LogP contribution < -0.4 is 4.74 Å². The molecule has 34 heavy (non-hydrogen) atoms. The summed E-state index contributed by atoms with van der Waals surface area (Å²) < 4.78 is 6.17. The second-order valence-corrected chi connectivity index (χ2v) is 10.5. The standard InChI is InChI=1S/C29H35N3O2/c1-20-10-13-30-25(16-20)19-34-26-9-6-21(2)31-28(26)24-8-7-22-11-14-32(15-12-23(22)17-24)27(33)18-29(3,4)5/h6-10,13,16-17H,11-12,14-15,18-19H2,1-5H3. The van der Waals surface area contributed by atoms with Crippen LogP contribution in [-0.4, -0.2) is 33.9 Å². The van der Waals surface area contributed by atoms with Crippen molar-refractivity contribution >= 4 is 5.91 Å². The summed E-state index contributed by atoms with van der Waals surface area (Å²) in [5, 5.41) is 0. The van der Waals surface area contributed by atoms with Gasteiger partial charge in [0, 0.05) is 37.0 Å². The maximum atomic E-state index is 12.8. The van der Waals surface area contributed by atoms with E-state index in [1.807, 2.05) is 42.3 Å². The number of fused-ring (bicyclic) bond motifs is 1. The molecule has 0 spiro atoms. The summed E-state index contributed by atoms with van der Waals surface area (Å²) in [7, 11) is 0. The minimum atomic E-state index is 0.00458. The van der Waals surface area contributed by atoms with E-state index in [9.17, 15) is 4.79 Å². The van der Waals surface area contributed by atoms with E-state index in [0.717, 1.165) is 59.9 Å². The SMILES string of the molecule is Cc1ccnc(COc2ccc(C)nc2-c2ccc3c(c2)CCN(C(=O)CC(C)(C)C)CC3)c1. The second kappa shape index (κ2) is 9.96. The molecule has 0 atom stereocenters. The molecule has 0 bridgehead atoms. The molecule has 0 saturated heterocycles. The summed E-state index contributed by atoms with van der Waals surface area (Å²) in [6, 6.07) is 14.5. The van der Waals surface area contributed by atoms with E-state index in [1.165, 1.54) is 11.1 Å². The van der Waals surface area contributed by atoms with Crippen LogP contribution in [0.4, 0.5) is 0 Å². The Morgan fingerprint density at radius 3 is 2.50 bits per heavy atom. The number of hydrogen-bond donors (Lipinski definition) is 0. The van der Waals surface area contributed by atoms with Crippen LogP contribution in [0.2, 0.25) is 0 Å². The Hall–Kier alpha value is -3.21. The first-order valence-electron chi connectivity index (χ1n) is 12.1. The van der Waals surface area contributed by atoms with Crippen LogP contribution in [0.25, 0.3) is 11.3 Å². The average Bonchev–Trinajstić information content (AvgIpc) is 2.99. The number of amides is 1. The van der Waals surface area contributed by atoms with Gasteiger partial charge in [-0.1, -0.05) is 32.9 Å². The van der Waals surface area contributed by atoms with E-state index < -0.39 is 0 Å². The predicted octanol–water partition coefficient (Wildman–Crippen LogP) is 5.70. The topological polar surface area (TPSA) is 55.3 Å². The molecule has 1 aromatic carbocycles.